The lowest BCUT2D eigenvalue weighted by molar-refractivity contribution is 0.0776. The molecule has 1 fully saturated rings. The predicted molar refractivity (Wildman–Crippen MR) is 105 cm³/mol. The van der Waals surface area contributed by atoms with Crippen LogP contribution in [0.4, 0.5) is 5.69 Å². The molecule has 1 aliphatic heterocycles. The number of benzene rings is 2. The third-order valence-corrected chi connectivity index (χ3v) is 5.12. The molecule has 2 aromatic carbocycles. The van der Waals surface area contributed by atoms with Gasteiger partial charge >= 0.3 is 0 Å². The van der Waals surface area contributed by atoms with Crippen LogP contribution in [-0.4, -0.2) is 42.5 Å². The van der Waals surface area contributed by atoms with Gasteiger partial charge in [0.1, 0.15) is 0 Å². The molecule has 2 heterocycles. The summed E-state index contributed by atoms with van der Waals surface area (Å²) in [4.78, 5) is 21.5. The van der Waals surface area contributed by atoms with Gasteiger partial charge in [-0.05, 0) is 36.6 Å². The molecule has 1 aliphatic rings. The van der Waals surface area contributed by atoms with Crippen LogP contribution in [0, 0.1) is 5.92 Å². The van der Waals surface area contributed by atoms with Crippen molar-refractivity contribution < 1.29 is 4.79 Å². The molecular weight excluding hydrogens is 322 g/mol. The molecule has 0 N–H and O–H groups in total. The zero-order valence-electron chi connectivity index (χ0n) is 15.0. The molecule has 26 heavy (non-hydrogen) atoms. The van der Waals surface area contributed by atoms with Gasteiger partial charge in [0.2, 0.25) is 0 Å². The van der Waals surface area contributed by atoms with Crippen LogP contribution in [0.1, 0.15) is 16.8 Å². The number of aromatic nitrogens is 1. The molecule has 0 aliphatic carbocycles. The Bertz CT molecular complexity index is 909. The number of carbonyl (C=O) groups excluding carboxylic acids is 1. The molecule has 132 valence electrons. The Labute approximate surface area is 154 Å². The van der Waals surface area contributed by atoms with Crippen LogP contribution >= 0.6 is 0 Å². The first-order valence-corrected chi connectivity index (χ1v) is 9.11. The molecule has 0 radical (unpaired) electrons. The molecule has 3 aromatic rings. The van der Waals surface area contributed by atoms with E-state index in [9.17, 15) is 4.79 Å². The highest BCUT2D eigenvalue weighted by atomic mass is 16.2. The summed E-state index contributed by atoms with van der Waals surface area (Å²) < 4.78 is 0. The Morgan fingerprint density at radius 2 is 1.92 bits per heavy atom. The first kappa shape index (κ1) is 16.6. The third kappa shape index (κ3) is 3.40. The lowest BCUT2D eigenvalue weighted by Gasteiger charge is -2.22. The first-order chi connectivity index (χ1) is 12.7. The SMILES string of the molecule is CN(C[C@@H]1CCN(c2ccccc2)C1)C(=O)c1cnc2ccccc2c1. The van der Waals surface area contributed by atoms with E-state index in [0.29, 0.717) is 11.5 Å². The van der Waals surface area contributed by atoms with Crippen LogP contribution < -0.4 is 4.90 Å². The quantitative estimate of drug-likeness (QED) is 0.721. The number of rotatable bonds is 4. The number of amides is 1. The number of carbonyl (C=O) groups is 1. The number of fused-ring (bicyclic) bond motifs is 1. The fourth-order valence-electron chi connectivity index (χ4n) is 3.73. The number of hydrogen-bond acceptors (Lipinski definition) is 3. The maximum Gasteiger partial charge on any atom is 0.255 e. The molecule has 1 saturated heterocycles. The van der Waals surface area contributed by atoms with Gasteiger partial charge in [-0.2, -0.15) is 0 Å². The standard InChI is InChI=1S/C22H23N3O/c1-24(15-17-11-12-25(16-17)20-8-3-2-4-9-20)22(26)19-13-18-7-5-6-10-21(18)23-14-19/h2-10,13-14,17H,11-12,15-16H2,1H3/t17-/m0/s1. The molecule has 1 aromatic heterocycles. The van der Waals surface area contributed by atoms with Crippen molar-refractivity contribution in [1.29, 1.82) is 0 Å². The van der Waals surface area contributed by atoms with Gasteiger partial charge in [0.05, 0.1) is 11.1 Å². The van der Waals surface area contributed by atoms with Crippen molar-refractivity contribution in [3.63, 3.8) is 0 Å². The summed E-state index contributed by atoms with van der Waals surface area (Å²) in [7, 11) is 1.89. The molecule has 4 rings (SSSR count). The van der Waals surface area contributed by atoms with Crippen molar-refractivity contribution in [2.45, 2.75) is 6.42 Å². The molecule has 0 saturated carbocycles. The van der Waals surface area contributed by atoms with E-state index >= 15 is 0 Å². The average molecular weight is 345 g/mol. The Kier molecular flexibility index (Phi) is 4.57. The van der Waals surface area contributed by atoms with E-state index in [2.05, 4.69) is 34.1 Å². The van der Waals surface area contributed by atoms with Gasteiger partial charge in [-0.3, -0.25) is 9.78 Å². The van der Waals surface area contributed by atoms with Gasteiger partial charge in [-0.25, -0.2) is 0 Å². The fraction of sp³-hybridized carbons (Fsp3) is 0.273. The maximum absolute atomic E-state index is 12.8. The topological polar surface area (TPSA) is 36.4 Å². The van der Waals surface area contributed by atoms with Gasteiger partial charge in [0.15, 0.2) is 0 Å². The highest BCUT2D eigenvalue weighted by molar-refractivity contribution is 5.97. The van der Waals surface area contributed by atoms with Crippen molar-refractivity contribution in [2.75, 3.05) is 31.6 Å². The molecule has 0 unspecified atom stereocenters. The van der Waals surface area contributed by atoms with E-state index in [1.165, 1.54) is 5.69 Å². The number of para-hydroxylation sites is 2. The van der Waals surface area contributed by atoms with Gasteiger partial charge in [0.25, 0.3) is 5.91 Å². The Hall–Kier alpha value is -2.88. The summed E-state index contributed by atoms with van der Waals surface area (Å²) in [5.41, 5.74) is 2.84. The molecular formula is C22H23N3O. The van der Waals surface area contributed by atoms with E-state index in [4.69, 9.17) is 0 Å². The first-order valence-electron chi connectivity index (χ1n) is 9.11. The van der Waals surface area contributed by atoms with Crippen molar-refractivity contribution in [3.05, 3.63) is 72.4 Å². The Morgan fingerprint density at radius 3 is 2.77 bits per heavy atom. The van der Waals surface area contributed by atoms with Gasteiger partial charge in [-0.15, -0.1) is 0 Å². The summed E-state index contributed by atoms with van der Waals surface area (Å²) >= 11 is 0. The highest BCUT2D eigenvalue weighted by Gasteiger charge is 2.25. The summed E-state index contributed by atoms with van der Waals surface area (Å²) in [6.45, 7) is 2.82. The Morgan fingerprint density at radius 1 is 1.15 bits per heavy atom. The van der Waals surface area contributed by atoms with E-state index < -0.39 is 0 Å². The molecule has 1 amide bonds. The largest absolute Gasteiger partial charge is 0.371 e. The zero-order chi connectivity index (χ0) is 17.9. The van der Waals surface area contributed by atoms with Crippen LogP contribution in [0.2, 0.25) is 0 Å². The summed E-state index contributed by atoms with van der Waals surface area (Å²) in [6.07, 6.45) is 2.80. The maximum atomic E-state index is 12.8. The van der Waals surface area contributed by atoms with Gasteiger partial charge in [-0.1, -0.05) is 36.4 Å². The van der Waals surface area contributed by atoms with Crippen molar-refractivity contribution in [1.82, 2.24) is 9.88 Å². The second kappa shape index (κ2) is 7.16. The summed E-state index contributed by atoms with van der Waals surface area (Å²) in [6, 6.07) is 20.3. The lowest BCUT2D eigenvalue weighted by atomic mass is 10.1. The van der Waals surface area contributed by atoms with Crippen molar-refractivity contribution >= 4 is 22.5 Å². The highest BCUT2D eigenvalue weighted by Crippen LogP contribution is 2.24. The van der Waals surface area contributed by atoms with Crippen molar-refractivity contribution in [3.8, 4) is 0 Å². The third-order valence-electron chi connectivity index (χ3n) is 5.12. The number of anilines is 1. The monoisotopic (exact) mass is 345 g/mol. The van der Waals surface area contributed by atoms with Crippen LogP contribution in [0.5, 0.6) is 0 Å². The molecule has 0 bridgehead atoms. The minimum atomic E-state index is 0.0430. The van der Waals surface area contributed by atoms with E-state index in [1.54, 1.807) is 6.20 Å². The number of hydrogen-bond donors (Lipinski definition) is 0. The molecule has 4 heteroatoms. The number of nitrogens with zero attached hydrogens (tertiary/aromatic N) is 3. The summed E-state index contributed by atoms with van der Waals surface area (Å²) in [5, 5.41) is 1.00. The van der Waals surface area contributed by atoms with E-state index in [1.807, 2.05) is 48.3 Å². The fourth-order valence-corrected chi connectivity index (χ4v) is 3.73. The predicted octanol–water partition coefficient (Wildman–Crippen LogP) is 3.83. The Balaban J connectivity index is 1.41. The second-order valence-electron chi connectivity index (χ2n) is 7.04. The average Bonchev–Trinajstić information content (AvgIpc) is 3.16. The normalized spacial score (nSPS) is 16.8. The van der Waals surface area contributed by atoms with Crippen molar-refractivity contribution in [2.24, 2.45) is 5.92 Å². The summed E-state index contributed by atoms with van der Waals surface area (Å²) in [5.74, 6) is 0.541. The van der Waals surface area contributed by atoms with Crippen LogP contribution in [0.15, 0.2) is 66.9 Å². The van der Waals surface area contributed by atoms with Gasteiger partial charge < -0.3 is 9.80 Å². The zero-order valence-corrected chi connectivity index (χ0v) is 15.0. The molecule has 0 spiro atoms. The van der Waals surface area contributed by atoms with Crippen LogP contribution in [-0.2, 0) is 0 Å². The van der Waals surface area contributed by atoms with Crippen LogP contribution in [0.3, 0.4) is 0 Å². The second-order valence-corrected chi connectivity index (χ2v) is 7.04. The molecule has 1 atom stereocenters. The van der Waals surface area contributed by atoms with E-state index in [0.717, 1.165) is 37.0 Å². The van der Waals surface area contributed by atoms with Gasteiger partial charge in [0, 0.05) is 44.0 Å². The van der Waals surface area contributed by atoms with E-state index in [-0.39, 0.29) is 5.91 Å². The van der Waals surface area contributed by atoms with Crippen LogP contribution in [0.25, 0.3) is 10.9 Å². The smallest absolute Gasteiger partial charge is 0.255 e. The number of pyridine rings is 1. The minimum absolute atomic E-state index is 0.0430. The minimum Gasteiger partial charge on any atom is -0.371 e. The molecule has 4 nitrogen and oxygen atoms in total. The lowest BCUT2D eigenvalue weighted by Crippen LogP contribution is -2.33.